The summed E-state index contributed by atoms with van der Waals surface area (Å²) in [5.41, 5.74) is 0.163. The van der Waals surface area contributed by atoms with Crippen molar-refractivity contribution in [2.45, 2.75) is 12.8 Å². The summed E-state index contributed by atoms with van der Waals surface area (Å²) in [5.74, 6) is -0.591. The summed E-state index contributed by atoms with van der Waals surface area (Å²) in [5, 5.41) is 21.5. The normalized spacial score (nSPS) is 10.1. The van der Waals surface area contributed by atoms with E-state index in [1.54, 1.807) is 0 Å². The maximum atomic E-state index is 11.4. The molecule has 1 amide bonds. The number of hydrogen-bond acceptors (Lipinski definition) is 4. The number of aliphatic hydroxyl groups is 1. The number of aliphatic hydroxyl groups excluding tert-OH is 1. The minimum absolute atomic E-state index is 0.0871. The van der Waals surface area contributed by atoms with Gasteiger partial charge in [0, 0.05) is 19.2 Å². The molecule has 0 saturated carbocycles. The molecule has 1 heterocycles. The molecule has 0 unspecified atom stereocenters. The van der Waals surface area contributed by atoms with Gasteiger partial charge in [-0.2, -0.15) is 0 Å². The number of rotatable bonds is 6. The highest BCUT2D eigenvalue weighted by Gasteiger charge is 2.14. The highest BCUT2D eigenvalue weighted by molar-refractivity contribution is 5.92. The molecule has 88 valence electrons. The zero-order valence-corrected chi connectivity index (χ0v) is 8.60. The molecule has 0 atom stereocenters. The lowest BCUT2D eigenvalue weighted by molar-refractivity contribution is -0.389. The van der Waals surface area contributed by atoms with Crippen molar-refractivity contribution in [3.8, 4) is 0 Å². The molecule has 3 N–H and O–H groups in total. The summed E-state index contributed by atoms with van der Waals surface area (Å²) in [7, 11) is 0. The molecule has 1 rings (SSSR count). The summed E-state index contributed by atoms with van der Waals surface area (Å²) in [6, 6.07) is 2.60. The molecule has 16 heavy (non-hydrogen) atoms. The second kappa shape index (κ2) is 5.86. The van der Waals surface area contributed by atoms with Gasteiger partial charge in [0.25, 0.3) is 5.91 Å². The van der Waals surface area contributed by atoms with Gasteiger partial charge in [0.15, 0.2) is 5.69 Å². The first kappa shape index (κ1) is 12.2. The average Bonchev–Trinajstić information content (AvgIpc) is 2.73. The van der Waals surface area contributed by atoms with E-state index in [-0.39, 0.29) is 24.0 Å². The fraction of sp³-hybridized carbons (Fsp3) is 0.444. The van der Waals surface area contributed by atoms with Crippen LogP contribution >= 0.6 is 0 Å². The van der Waals surface area contributed by atoms with Crippen LogP contribution in [0.15, 0.2) is 12.1 Å². The van der Waals surface area contributed by atoms with Crippen LogP contribution < -0.4 is 5.32 Å². The maximum absolute atomic E-state index is 11.4. The molecule has 1 aromatic rings. The Morgan fingerprint density at radius 2 is 2.25 bits per heavy atom. The molecule has 0 saturated heterocycles. The third kappa shape index (κ3) is 3.35. The Morgan fingerprint density at radius 1 is 1.50 bits per heavy atom. The number of aromatic nitrogens is 1. The van der Waals surface area contributed by atoms with Crippen LogP contribution in [0.5, 0.6) is 0 Å². The third-order valence-corrected chi connectivity index (χ3v) is 1.98. The number of nitrogens with zero attached hydrogens (tertiary/aromatic N) is 1. The van der Waals surface area contributed by atoms with Crippen molar-refractivity contribution in [2.24, 2.45) is 0 Å². The number of aromatic amines is 1. The van der Waals surface area contributed by atoms with Gasteiger partial charge in [-0.05, 0) is 23.8 Å². The highest BCUT2D eigenvalue weighted by Crippen LogP contribution is 2.09. The molecular weight excluding hydrogens is 214 g/mol. The van der Waals surface area contributed by atoms with Crippen molar-refractivity contribution in [3.63, 3.8) is 0 Å². The molecule has 0 aromatic carbocycles. The van der Waals surface area contributed by atoms with Gasteiger partial charge in [0.2, 0.25) is 0 Å². The Balaban J connectivity index is 2.43. The topological polar surface area (TPSA) is 108 Å². The predicted octanol–water partition coefficient (Wildman–Crippen LogP) is 0.425. The Morgan fingerprint density at radius 3 is 2.81 bits per heavy atom. The van der Waals surface area contributed by atoms with Crippen molar-refractivity contribution >= 4 is 11.7 Å². The van der Waals surface area contributed by atoms with Crippen molar-refractivity contribution < 1.29 is 14.8 Å². The van der Waals surface area contributed by atoms with Gasteiger partial charge in [-0.25, -0.2) is 4.98 Å². The van der Waals surface area contributed by atoms with Crippen LogP contribution in [0.3, 0.4) is 0 Å². The first-order chi connectivity index (χ1) is 7.65. The number of nitrogens with one attached hydrogen (secondary N) is 2. The molecule has 0 aliphatic carbocycles. The highest BCUT2D eigenvalue weighted by atomic mass is 16.6. The largest absolute Gasteiger partial charge is 0.396 e. The van der Waals surface area contributed by atoms with Crippen LogP contribution in [-0.4, -0.2) is 34.1 Å². The molecule has 7 nitrogen and oxygen atoms in total. The van der Waals surface area contributed by atoms with Crippen molar-refractivity contribution in [1.82, 2.24) is 10.3 Å². The number of nitro groups is 1. The molecule has 7 heteroatoms. The third-order valence-electron chi connectivity index (χ3n) is 1.98. The molecule has 0 aliphatic rings. The van der Waals surface area contributed by atoms with Gasteiger partial charge in [0.1, 0.15) is 0 Å². The molecule has 0 spiro atoms. The summed E-state index contributed by atoms with van der Waals surface area (Å²) < 4.78 is 0. The van der Waals surface area contributed by atoms with E-state index in [2.05, 4.69) is 10.3 Å². The van der Waals surface area contributed by atoms with E-state index >= 15 is 0 Å². The quantitative estimate of drug-likeness (QED) is 0.372. The summed E-state index contributed by atoms with van der Waals surface area (Å²) in [6.45, 7) is 0.524. The van der Waals surface area contributed by atoms with Gasteiger partial charge < -0.3 is 20.5 Å². The number of unbranched alkanes of at least 4 members (excludes halogenated alkanes) is 1. The van der Waals surface area contributed by atoms with Crippen LogP contribution in [-0.2, 0) is 0 Å². The Labute approximate surface area is 91.6 Å². The first-order valence-corrected chi connectivity index (χ1v) is 4.87. The number of amides is 1. The first-order valence-electron chi connectivity index (χ1n) is 4.87. The second-order valence-corrected chi connectivity index (χ2v) is 3.20. The fourth-order valence-electron chi connectivity index (χ4n) is 1.16. The second-order valence-electron chi connectivity index (χ2n) is 3.20. The van der Waals surface area contributed by atoms with E-state index in [9.17, 15) is 14.9 Å². The number of H-pyrrole nitrogens is 1. The van der Waals surface area contributed by atoms with Crippen LogP contribution in [0.4, 0.5) is 5.82 Å². The van der Waals surface area contributed by atoms with Crippen LogP contribution in [0.2, 0.25) is 0 Å². The lowest BCUT2D eigenvalue weighted by Crippen LogP contribution is -2.24. The van der Waals surface area contributed by atoms with E-state index in [0.29, 0.717) is 19.4 Å². The summed E-state index contributed by atoms with van der Waals surface area (Å²) >= 11 is 0. The number of carbonyl (C=O) groups is 1. The molecule has 0 aliphatic heterocycles. The average molecular weight is 227 g/mol. The van der Waals surface area contributed by atoms with E-state index in [1.165, 1.54) is 12.1 Å². The predicted molar refractivity (Wildman–Crippen MR) is 56.1 cm³/mol. The van der Waals surface area contributed by atoms with Crippen LogP contribution in [0.1, 0.15) is 23.3 Å². The number of hydrogen-bond donors (Lipinski definition) is 3. The molecule has 0 bridgehead atoms. The van der Waals surface area contributed by atoms with Gasteiger partial charge in [-0.1, -0.05) is 0 Å². The lowest BCUT2D eigenvalue weighted by Gasteiger charge is -2.00. The fourth-order valence-corrected chi connectivity index (χ4v) is 1.16. The monoisotopic (exact) mass is 227 g/mol. The van der Waals surface area contributed by atoms with E-state index < -0.39 is 4.92 Å². The van der Waals surface area contributed by atoms with Crippen LogP contribution in [0, 0.1) is 10.1 Å². The Hall–Kier alpha value is -1.89. The minimum Gasteiger partial charge on any atom is -0.396 e. The maximum Gasteiger partial charge on any atom is 0.321 e. The molecule has 1 aromatic heterocycles. The Bertz CT molecular complexity index is 375. The van der Waals surface area contributed by atoms with Gasteiger partial charge in [-0.3, -0.25) is 4.79 Å². The molecule has 0 fully saturated rings. The standard InChI is InChI=1S/C9H13N3O4/c13-6-2-1-5-10-9(14)7-3-4-8(11-7)12(15)16/h3-4,11,13H,1-2,5-6H2,(H,10,14). The van der Waals surface area contributed by atoms with E-state index in [0.717, 1.165) is 0 Å². The van der Waals surface area contributed by atoms with Gasteiger partial charge in [0.05, 0.1) is 0 Å². The summed E-state index contributed by atoms with van der Waals surface area (Å²) in [6.07, 6.45) is 1.29. The van der Waals surface area contributed by atoms with Crippen LogP contribution in [0.25, 0.3) is 0 Å². The van der Waals surface area contributed by atoms with Crippen molar-refractivity contribution in [2.75, 3.05) is 13.2 Å². The lowest BCUT2D eigenvalue weighted by atomic mass is 10.3. The van der Waals surface area contributed by atoms with Crippen molar-refractivity contribution in [1.29, 1.82) is 0 Å². The Kier molecular flexibility index (Phi) is 4.46. The van der Waals surface area contributed by atoms with E-state index in [4.69, 9.17) is 5.11 Å². The van der Waals surface area contributed by atoms with Crippen molar-refractivity contribution in [3.05, 3.63) is 27.9 Å². The van der Waals surface area contributed by atoms with Gasteiger partial charge in [-0.15, -0.1) is 0 Å². The minimum atomic E-state index is -0.595. The zero-order chi connectivity index (χ0) is 12.0. The van der Waals surface area contributed by atoms with E-state index in [1.807, 2.05) is 0 Å². The molecular formula is C9H13N3O4. The zero-order valence-electron chi connectivity index (χ0n) is 8.60. The molecule has 0 radical (unpaired) electrons. The smallest absolute Gasteiger partial charge is 0.321 e. The SMILES string of the molecule is O=C(NCCCCO)c1ccc([N+](=O)[O-])[nH]1. The van der Waals surface area contributed by atoms with Gasteiger partial charge >= 0.3 is 5.82 Å². The summed E-state index contributed by atoms with van der Waals surface area (Å²) in [4.78, 5) is 23.6. The number of carbonyl (C=O) groups excluding carboxylic acids is 1.